The highest BCUT2D eigenvalue weighted by Gasteiger charge is 2.43. The molecule has 0 aromatic heterocycles. The van der Waals surface area contributed by atoms with E-state index in [9.17, 15) is 0 Å². The Bertz CT molecular complexity index is 4140. The summed E-state index contributed by atoms with van der Waals surface area (Å²) in [6.07, 6.45) is 32.1. The molecule has 0 radical (unpaired) electrons. The molecule has 0 bridgehead atoms. The van der Waals surface area contributed by atoms with E-state index in [0.717, 1.165) is 59.3 Å². The number of hydrogen-bond donors (Lipinski definition) is 8. The standard InChI is InChI=1S/C31H38N2.C24H37N.C13H19N.C13H13N.C12H13N.C8H11N.2C2H6.CH5N.2H3N.7H2S/c1-23-7-15-28(16-8-23)32-29-19-11-26(12-20-29)27-13-21-31(22-14-27)33-30-17-9-25(10-18-30)24-5-3-2-4-6-24;1-18-12-15-21(16-13-18)25(20-8-4-3-5-9-20)24-17-14-19(2)22-10-6-7-11-23(22)24;2*1-14-13-9-7-12(8-10-13)11-5-3-2-4-6-11;1-13(2)12-9-5-7-10-6-3-4-8-11(10)12;1-7-3-5-8(9-2)6-4-7;3*1-2;;;;;;;;;/h2-10,15-18,26-27,29,31-33H,11-14,19-22H2,1H3;12-13,15-16,19-20,22-24H,3-11,14,17H2,1-2H3;2-6,12-14H,7-10H2,1H3;2-10,14H,1H3;3-9H,1-2H3;3-6,9H,1-2H3;2*1-2H3;2H2,1H3;2*1H3;7*1H2. The van der Waals surface area contributed by atoms with E-state index in [4.69, 9.17) is 0 Å². The van der Waals surface area contributed by atoms with Gasteiger partial charge in [0.2, 0.25) is 0 Å². The fourth-order valence-corrected chi connectivity index (χ4v) is 18.5. The molecule has 10 nitrogen and oxygen atoms in total. The second-order valence-electron chi connectivity index (χ2n) is 32.5. The minimum absolute atomic E-state index is 0. The van der Waals surface area contributed by atoms with Crippen molar-refractivity contribution in [1.82, 2.24) is 17.6 Å². The first-order chi connectivity index (χ1) is 55.9. The predicted octanol–water partition coefficient (Wildman–Crippen LogP) is 29.1. The van der Waals surface area contributed by atoms with E-state index in [2.05, 4.69) is 340 Å². The van der Waals surface area contributed by atoms with Crippen LogP contribution in [0.4, 0.5) is 34.1 Å². The van der Waals surface area contributed by atoms with Gasteiger partial charge in [-0.15, -0.1) is 0 Å². The number of rotatable bonds is 15. The zero-order valence-corrected chi connectivity index (χ0v) is 84.7. The number of fused-ring (bicyclic) bond motifs is 2. The number of hydrogen-bond acceptors (Lipinski definition) is 10. The maximum absolute atomic E-state index is 4.50. The van der Waals surface area contributed by atoms with Crippen molar-refractivity contribution in [3.05, 3.63) is 277 Å². The number of nitrogens with one attached hydrogen (secondary N) is 5. The highest BCUT2D eigenvalue weighted by molar-refractivity contribution is 7.60. The van der Waals surface area contributed by atoms with Crippen LogP contribution in [0.25, 0.3) is 33.0 Å². The highest BCUT2D eigenvalue weighted by atomic mass is 32.1. The van der Waals surface area contributed by atoms with Crippen molar-refractivity contribution in [2.24, 2.45) is 35.3 Å². The lowest BCUT2D eigenvalue weighted by Crippen LogP contribution is -2.53. The fraction of sp³-hybridized carbons (Fsp3) is 0.453. The van der Waals surface area contributed by atoms with Gasteiger partial charge in [0.15, 0.2) is 0 Å². The molecule has 6 fully saturated rings. The fourth-order valence-electron chi connectivity index (χ4n) is 18.5. The normalized spacial score (nSPS) is 19.8. The summed E-state index contributed by atoms with van der Waals surface area (Å²) in [4.78, 5) is 5.08. The van der Waals surface area contributed by atoms with E-state index >= 15 is 0 Å². The maximum atomic E-state index is 4.50. The summed E-state index contributed by atoms with van der Waals surface area (Å²) in [6.45, 7) is 17.0. The first-order valence-electron chi connectivity index (χ1n) is 44.5. The molecule has 0 spiro atoms. The largest absolute Gasteiger partial charge is 0.388 e. The van der Waals surface area contributed by atoms with Crippen molar-refractivity contribution in [2.75, 3.05) is 73.4 Å². The van der Waals surface area contributed by atoms with Crippen LogP contribution in [0.2, 0.25) is 0 Å². The van der Waals surface area contributed by atoms with Crippen molar-refractivity contribution in [3.8, 4) is 22.3 Å². The number of aryl methyl sites for hydroxylation is 3. The summed E-state index contributed by atoms with van der Waals surface area (Å²) < 4.78 is 0. The Kier molecular flexibility index (Phi) is 64.5. The van der Waals surface area contributed by atoms with Crippen molar-refractivity contribution in [3.63, 3.8) is 0 Å². The molecule has 0 saturated heterocycles. The lowest BCUT2D eigenvalue weighted by molar-refractivity contribution is 0.0850. The molecule has 0 heterocycles. The van der Waals surface area contributed by atoms with Crippen LogP contribution in [0.3, 0.4) is 0 Å². The minimum atomic E-state index is 0. The Morgan fingerprint density at radius 1 is 0.325 bits per heavy atom. The second kappa shape index (κ2) is 66.9. The van der Waals surface area contributed by atoms with Crippen LogP contribution >= 0.6 is 94.5 Å². The molecule has 4 unspecified atom stereocenters. The van der Waals surface area contributed by atoms with Crippen LogP contribution in [0, 0.1) is 50.4 Å². The first-order valence-corrected chi connectivity index (χ1v) is 44.5. The van der Waals surface area contributed by atoms with Gasteiger partial charge in [-0.25, -0.2) is 0 Å². The van der Waals surface area contributed by atoms with Crippen molar-refractivity contribution in [1.29, 1.82) is 0 Å². The van der Waals surface area contributed by atoms with Gasteiger partial charge >= 0.3 is 0 Å². The van der Waals surface area contributed by atoms with E-state index in [-0.39, 0.29) is 107 Å². The van der Waals surface area contributed by atoms with Gasteiger partial charge in [-0.1, -0.05) is 271 Å². The van der Waals surface area contributed by atoms with Crippen LogP contribution in [-0.4, -0.2) is 72.5 Å². The monoisotopic (exact) mass is 1810 g/mol. The molecular weight excluding hydrogens is 1640 g/mol. The van der Waals surface area contributed by atoms with Gasteiger partial charge < -0.3 is 54.4 Å². The number of benzene rings is 10. The van der Waals surface area contributed by atoms with E-state index in [1.165, 1.54) is 238 Å². The van der Waals surface area contributed by atoms with E-state index < -0.39 is 0 Å². The van der Waals surface area contributed by atoms with Gasteiger partial charge in [-0.3, -0.25) is 0 Å². The smallest absolute Gasteiger partial charge is 0.0440 e. The van der Waals surface area contributed by atoms with Crippen molar-refractivity contribution >= 4 is 139 Å². The molecule has 17 heteroatoms. The summed E-state index contributed by atoms with van der Waals surface area (Å²) in [5.74, 6) is 5.56. The van der Waals surface area contributed by atoms with Crippen LogP contribution in [0.5, 0.6) is 0 Å². The Morgan fingerprint density at radius 2 is 0.683 bits per heavy atom. The topological polar surface area (TPSA) is 163 Å². The molecule has 6 aliphatic carbocycles. The zero-order valence-electron chi connectivity index (χ0n) is 77.7. The highest BCUT2D eigenvalue weighted by Crippen LogP contribution is 2.48. The molecule has 16 rings (SSSR count). The Balaban J connectivity index is 0. The Morgan fingerprint density at radius 3 is 1.11 bits per heavy atom. The van der Waals surface area contributed by atoms with Crippen LogP contribution < -0.4 is 54.4 Å². The molecule has 123 heavy (non-hydrogen) atoms. The first kappa shape index (κ1) is 119. The third kappa shape index (κ3) is 38.6. The van der Waals surface area contributed by atoms with Crippen molar-refractivity contribution < 1.29 is 0 Å². The Labute approximate surface area is 797 Å². The molecule has 684 valence electrons. The lowest BCUT2D eigenvalue weighted by Gasteiger charge is -2.52. The van der Waals surface area contributed by atoms with E-state index in [0.29, 0.717) is 12.1 Å². The van der Waals surface area contributed by atoms with Gasteiger partial charge in [0.05, 0.1) is 0 Å². The van der Waals surface area contributed by atoms with Gasteiger partial charge in [0.1, 0.15) is 0 Å². The molecule has 0 aliphatic heterocycles. The van der Waals surface area contributed by atoms with Crippen LogP contribution in [0.15, 0.2) is 255 Å². The SMILES string of the molecule is CC.CC.CN.CN(C)c1cccc2ccccc12.CNC1CCC(c2ccccc2)CC1.CNc1ccc(-c2ccccc2)cc1.CNc1ccc(C)cc1.Cc1ccc(N(C2CCCCC2)C2CCC(C)C3CCCCC32)cc1.Cc1ccc(NC2CCC(C3CCC(Nc4ccc(-c5ccccc5)cc4)CC3)CC2)cc1.N.N.S.S.S.S.S.S.S. The molecule has 6 saturated carbocycles. The predicted molar refractivity (Wildman–Crippen MR) is 586 cm³/mol. The van der Waals surface area contributed by atoms with E-state index in [1.54, 1.807) is 0 Å². The molecule has 10 aromatic rings. The average Bonchev–Trinajstić information content (AvgIpc) is 0.772. The van der Waals surface area contributed by atoms with Crippen LogP contribution in [-0.2, 0) is 0 Å². The quantitative estimate of drug-likeness (QED) is 0.0496. The number of anilines is 6. The average molecular weight is 1810 g/mol. The molecule has 13 N–H and O–H groups in total. The van der Waals surface area contributed by atoms with Crippen molar-refractivity contribution in [2.45, 2.75) is 239 Å². The van der Waals surface area contributed by atoms with Gasteiger partial charge in [-0.2, -0.15) is 94.5 Å². The molecule has 4 atom stereocenters. The van der Waals surface area contributed by atoms with Gasteiger partial charge in [0, 0.05) is 97.9 Å². The molecule has 10 aromatic carbocycles. The third-order valence-electron chi connectivity index (χ3n) is 24.9. The minimum Gasteiger partial charge on any atom is -0.388 e. The third-order valence-corrected chi connectivity index (χ3v) is 24.9. The summed E-state index contributed by atoms with van der Waals surface area (Å²) >= 11 is 0. The molecule has 0 amide bonds. The van der Waals surface area contributed by atoms with E-state index in [1.807, 2.05) is 47.9 Å². The number of nitrogens with two attached hydrogens (primary N) is 1. The summed E-state index contributed by atoms with van der Waals surface area (Å²) in [5.41, 5.74) is 22.8. The van der Waals surface area contributed by atoms with Crippen LogP contribution in [0.1, 0.15) is 210 Å². The number of nitrogens with zero attached hydrogens (tertiary/aromatic N) is 2. The van der Waals surface area contributed by atoms with Gasteiger partial charge in [-0.05, 0) is 286 Å². The lowest BCUT2D eigenvalue weighted by atomic mass is 9.63. The molecule has 6 aliphatic rings. The summed E-state index contributed by atoms with van der Waals surface area (Å²) in [7, 11) is 11.6. The maximum Gasteiger partial charge on any atom is 0.0440 e. The molecular formula is C106H168N10S7. The summed E-state index contributed by atoms with van der Waals surface area (Å²) in [6, 6.07) is 94.5. The zero-order chi connectivity index (χ0) is 81.2. The van der Waals surface area contributed by atoms with Gasteiger partial charge in [0.25, 0.3) is 0 Å². The summed E-state index contributed by atoms with van der Waals surface area (Å²) in [5, 5.41) is 19.7. The second-order valence-corrected chi connectivity index (χ2v) is 32.5. The Hall–Kier alpha value is -6.45.